The van der Waals surface area contributed by atoms with E-state index in [0.717, 1.165) is 0 Å². The molecule has 0 aromatic heterocycles. The summed E-state index contributed by atoms with van der Waals surface area (Å²) in [6.45, 7) is 4.14. The van der Waals surface area contributed by atoms with E-state index in [1.165, 1.54) is 0 Å². The smallest absolute Gasteiger partial charge is 0.160 e. The molecule has 0 atom stereocenters. The van der Waals surface area contributed by atoms with Crippen molar-refractivity contribution in [2.24, 2.45) is 0 Å². The van der Waals surface area contributed by atoms with Gasteiger partial charge in [-0.1, -0.05) is 119 Å². The quantitative estimate of drug-likeness (QED) is 0.0843. The summed E-state index contributed by atoms with van der Waals surface area (Å²) in [5.41, 5.74) is 0. The van der Waals surface area contributed by atoms with Crippen LogP contribution in [-0.4, -0.2) is 12.5 Å². The molecule has 0 saturated carbocycles. The number of rotatable bonds is 1. The average Bonchev–Trinajstić information content (AvgIpc) is 2.24. The zero-order valence-corrected chi connectivity index (χ0v) is 29.6. The summed E-state index contributed by atoms with van der Waals surface area (Å²) in [5, 5.41) is 0. The molecule has 1 saturated heterocycles. The number of alkyl halides is 9. The van der Waals surface area contributed by atoms with Crippen molar-refractivity contribution < 1.29 is 0 Å². The topological polar surface area (TPSA) is 3.24 Å². The normalized spacial score (nSPS) is 31.9. The summed E-state index contributed by atoms with van der Waals surface area (Å²) in [5.74, 6) is 0. The molecular formula is C7H3I10N. The van der Waals surface area contributed by atoms with Gasteiger partial charge in [0.05, 0.1) is 3.42 Å². The van der Waals surface area contributed by atoms with Crippen LogP contribution in [0.3, 0.4) is 0 Å². The first-order valence-corrected chi connectivity index (χ1v) is 14.7. The van der Waals surface area contributed by atoms with E-state index in [-0.39, 0.29) is 9.38 Å². The molecule has 0 spiro atoms. The number of halogens is 10. The minimum absolute atomic E-state index is 0.0121. The highest BCUT2D eigenvalue weighted by atomic mass is 127. The molecule has 1 heterocycles. The minimum Gasteiger partial charge on any atom is -0.194 e. The van der Waals surface area contributed by atoms with Crippen LogP contribution < -0.4 is 0 Å². The van der Waals surface area contributed by atoms with E-state index in [2.05, 4.69) is 242 Å². The van der Waals surface area contributed by atoms with Gasteiger partial charge in [0.2, 0.25) is 0 Å². The number of hydrogen-bond donors (Lipinski definition) is 0. The van der Waals surface area contributed by atoms with E-state index >= 15 is 0 Å². The van der Waals surface area contributed by atoms with Gasteiger partial charge in [0, 0.05) is 22.9 Å². The maximum absolute atomic E-state index is 4.14. The van der Waals surface area contributed by atoms with E-state index in [1.54, 1.807) is 0 Å². The summed E-state index contributed by atoms with van der Waals surface area (Å²) >= 11 is 25.8. The molecule has 1 aliphatic heterocycles. The lowest BCUT2D eigenvalue weighted by Gasteiger charge is -2.63. The van der Waals surface area contributed by atoms with Crippen LogP contribution in [0, 0.1) is 0 Å². The summed E-state index contributed by atoms with van der Waals surface area (Å²) in [6, 6.07) is 0. The second-order valence-electron chi connectivity index (χ2n) is 3.43. The first-order valence-electron chi connectivity index (χ1n) is 4.01. The Hall–Kier alpha value is 7.00. The fraction of sp³-hybridized carbons (Fsp3) is 0.714. The SMILES string of the molecule is C=CC1(I)C(I)(I)C(I)(I)N(I)C(I)(I)C1(I)I. The van der Waals surface area contributed by atoms with Crippen molar-refractivity contribution in [1.82, 2.24) is 3.11 Å². The number of allylic oxidation sites excluding steroid dienone is 1. The van der Waals surface area contributed by atoms with Crippen molar-refractivity contribution in [1.29, 1.82) is 0 Å². The van der Waals surface area contributed by atoms with E-state index in [9.17, 15) is 0 Å². The third kappa shape index (κ3) is 3.31. The summed E-state index contributed by atoms with van der Waals surface area (Å²) < 4.78 is 2.42. The minimum atomic E-state index is -0.0353. The van der Waals surface area contributed by atoms with Crippen LogP contribution in [0.1, 0.15) is 0 Å². The van der Waals surface area contributed by atoms with Gasteiger partial charge in [-0.3, -0.25) is 0 Å². The number of nitrogens with zero attached hydrogens (tertiary/aromatic N) is 1. The highest BCUT2D eigenvalue weighted by Gasteiger charge is 2.77. The van der Waals surface area contributed by atoms with Crippen molar-refractivity contribution in [3.63, 3.8) is 0 Å². The lowest BCUT2D eigenvalue weighted by atomic mass is 9.98. The molecule has 0 aliphatic carbocycles. The highest BCUT2D eigenvalue weighted by molar-refractivity contribution is 14.2. The van der Waals surface area contributed by atoms with E-state index < -0.39 is 0 Å². The largest absolute Gasteiger partial charge is 0.194 e. The van der Waals surface area contributed by atoms with Gasteiger partial charge >= 0.3 is 0 Å². The van der Waals surface area contributed by atoms with Gasteiger partial charge in [0.15, 0.2) is 3.10 Å². The van der Waals surface area contributed by atoms with Crippen LogP contribution in [0.2, 0.25) is 0 Å². The lowest BCUT2D eigenvalue weighted by Crippen LogP contribution is -2.75. The molecule has 0 aromatic carbocycles. The Kier molecular flexibility index (Phi) is 9.67. The maximum atomic E-state index is 4.14. The summed E-state index contributed by atoms with van der Waals surface area (Å²) in [7, 11) is 0. The Bertz CT molecular complexity index is 346. The molecule has 0 aromatic rings. The summed E-state index contributed by atoms with van der Waals surface area (Å²) in [4.78, 5) is 0. The van der Waals surface area contributed by atoms with Crippen LogP contribution in [0.25, 0.3) is 0 Å². The van der Waals surface area contributed by atoms with Gasteiger partial charge in [-0.2, -0.15) is 3.11 Å². The van der Waals surface area contributed by atoms with Crippen molar-refractivity contribution in [2.75, 3.05) is 0 Å². The van der Waals surface area contributed by atoms with Gasteiger partial charge in [-0.05, 0) is 90.4 Å². The molecular weight excluding hydrogens is 1370 g/mol. The Morgan fingerprint density at radius 2 is 1.00 bits per heavy atom. The number of piperidine rings is 1. The lowest BCUT2D eigenvalue weighted by molar-refractivity contribution is 0.352. The van der Waals surface area contributed by atoms with E-state index in [1.807, 2.05) is 0 Å². The van der Waals surface area contributed by atoms with Gasteiger partial charge < -0.3 is 0 Å². The molecule has 0 N–H and O–H groups in total. The van der Waals surface area contributed by atoms with Crippen LogP contribution >= 0.6 is 226 Å². The average molecular weight is 1370 g/mol. The Labute approximate surface area is 244 Å². The number of hydrogen-bond acceptors (Lipinski definition) is 1. The van der Waals surface area contributed by atoms with Gasteiger partial charge in [-0.15, -0.1) is 6.58 Å². The fourth-order valence-electron chi connectivity index (χ4n) is 1.31. The molecule has 18 heavy (non-hydrogen) atoms. The molecule has 1 nitrogen and oxygen atoms in total. The molecule has 1 rings (SSSR count). The highest BCUT2D eigenvalue weighted by Crippen LogP contribution is 2.77. The van der Waals surface area contributed by atoms with Crippen molar-refractivity contribution in [3.05, 3.63) is 12.7 Å². The van der Waals surface area contributed by atoms with Gasteiger partial charge in [-0.25, -0.2) is 0 Å². The zero-order chi connectivity index (χ0) is 14.8. The standard InChI is InChI=1S/C7H3I10N/c1-2-3(8)4(9,10)6(13,14)18(17)7(15,16)5(3,11)12/h2H,1H2. The van der Waals surface area contributed by atoms with Gasteiger partial charge in [0.1, 0.15) is 2.86 Å². The van der Waals surface area contributed by atoms with E-state index in [4.69, 9.17) is 0 Å². The van der Waals surface area contributed by atoms with Crippen LogP contribution in [0.5, 0.6) is 0 Å². The van der Waals surface area contributed by atoms with Crippen molar-refractivity contribution in [2.45, 2.75) is 9.38 Å². The third-order valence-corrected chi connectivity index (χ3v) is 33.7. The molecule has 0 bridgehead atoms. The first kappa shape index (κ1) is 23.0. The summed E-state index contributed by atoms with van der Waals surface area (Å²) in [6.07, 6.45) is 2.13. The van der Waals surface area contributed by atoms with E-state index in [0.29, 0.717) is 0 Å². The monoisotopic (exact) mass is 1370 g/mol. The molecule has 0 unspecified atom stereocenters. The first-order chi connectivity index (χ1) is 7.72. The van der Waals surface area contributed by atoms with Gasteiger partial charge in [0.25, 0.3) is 0 Å². The van der Waals surface area contributed by atoms with Crippen LogP contribution in [-0.2, 0) is 0 Å². The third-order valence-electron chi connectivity index (χ3n) is 2.44. The molecule has 11 heteroatoms. The van der Waals surface area contributed by atoms with Crippen LogP contribution in [0.15, 0.2) is 12.7 Å². The van der Waals surface area contributed by atoms with Crippen LogP contribution in [0.4, 0.5) is 0 Å². The maximum Gasteiger partial charge on any atom is 0.160 e. The molecule has 0 radical (unpaired) electrons. The second kappa shape index (κ2) is 7.55. The molecule has 0 amide bonds. The predicted molar refractivity (Wildman–Crippen MR) is 166 cm³/mol. The zero-order valence-electron chi connectivity index (χ0n) is 8.01. The Morgan fingerprint density at radius 3 is 1.22 bits per heavy atom. The fourth-order valence-corrected chi connectivity index (χ4v) is 17.3. The molecule has 1 aliphatic rings. The predicted octanol–water partition coefficient (Wildman–Crippen LogP) is 8.19. The second-order valence-corrected chi connectivity index (χ2v) is 27.1. The van der Waals surface area contributed by atoms with Crippen molar-refractivity contribution >= 4 is 226 Å². The molecule has 1 fully saturated rings. The molecule has 106 valence electrons. The van der Waals surface area contributed by atoms with Crippen molar-refractivity contribution in [3.8, 4) is 0 Å². The Balaban J connectivity index is 3.67. The Morgan fingerprint density at radius 1 is 0.722 bits per heavy atom.